The maximum Gasteiger partial charge on any atom is 0.282 e. The fourth-order valence-corrected chi connectivity index (χ4v) is 4.44. The van der Waals surface area contributed by atoms with E-state index < -0.39 is 11.8 Å². The predicted octanol–water partition coefficient (Wildman–Crippen LogP) is 5.77. The van der Waals surface area contributed by atoms with Gasteiger partial charge in [-0.05, 0) is 54.3 Å². The normalized spacial score (nSPS) is 13.9. The lowest BCUT2D eigenvalue weighted by atomic mass is 10.1. The van der Waals surface area contributed by atoms with Crippen LogP contribution in [0.5, 0.6) is 5.75 Å². The number of anilines is 2. The fraction of sp³-hybridized carbons (Fsp3) is 0.0909. The first kappa shape index (κ1) is 20.5. The third kappa shape index (κ3) is 3.47. The van der Waals surface area contributed by atoms with Gasteiger partial charge in [-0.3, -0.25) is 9.59 Å². The molecule has 2 heterocycles. The van der Waals surface area contributed by atoms with Crippen molar-refractivity contribution in [3.63, 3.8) is 0 Å². The van der Waals surface area contributed by atoms with E-state index in [-0.39, 0.29) is 5.70 Å². The number of thiophene rings is 1. The summed E-state index contributed by atoms with van der Waals surface area (Å²) in [5.41, 5.74) is 2.16. The highest BCUT2D eigenvalue weighted by atomic mass is 35.5. The molecule has 2 aromatic carbocycles. The molecule has 1 aromatic heterocycles. The van der Waals surface area contributed by atoms with Gasteiger partial charge in [0.2, 0.25) is 0 Å². The summed E-state index contributed by atoms with van der Waals surface area (Å²) in [4.78, 5) is 28.6. The molecule has 0 unspecified atom stereocenters. The second kappa shape index (κ2) is 8.14. The van der Waals surface area contributed by atoms with Crippen molar-refractivity contribution in [2.45, 2.75) is 6.92 Å². The number of carbonyl (C=O) groups is 2. The molecule has 2 amide bonds. The molecule has 30 heavy (non-hydrogen) atoms. The fourth-order valence-electron chi connectivity index (χ4n) is 3.24. The number of benzene rings is 2. The van der Waals surface area contributed by atoms with E-state index in [1.54, 1.807) is 43.3 Å². The summed E-state index contributed by atoms with van der Waals surface area (Å²) in [5, 5.41) is 5.81. The Kier molecular flexibility index (Phi) is 5.56. The third-order valence-electron chi connectivity index (χ3n) is 4.75. The molecule has 0 fully saturated rings. The van der Waals surface area contributed by atoms with Crippen LogP contribution in [0.3, 0.4) is 0 Å². The van der Waals surface area contributed by atoms with E-state index in [0.717, 1.165) is 4.90 Å². The summed E-state index contributed by atoms with van der Waals surface area (Å²) in [6.07, 6.45) is 0. The van der Waals surface area contributed by atoms with E-state index in [1.807, 2.05) is 17.5 Å². The second-order valence-electron chi connectivity index (χ2n) is 6.53. The molecule has 5 nitrogen and oxygen atoms in total. The van der Waals surface area contributed by atoms with Crippen molar-refractivity contribution in [1.82, 2.24) is 0 Å². The van der Waals surface area contributed by atoms with Gasteiger partial charge in [-0.15, -0.1) is 11.3 Å². The van der Waals surface area contributed by atoms with Gasteiger partial charge in [0.25, 0.3) is 11.8 Å². The third-order valence-corrected chi connectivity index (χ3v) is 6.34. The van der Waals surface area contributed by atoms with Crippen LogP contribution in [-0.4, -0.2) is 18.9 Å². The predicted molar refractivity (Wildman–Crippen MR) is 122 cm³/mol. The van der Waals surface area contributed by atoms with Crippen molar-refractivity contribution in [1.29, 1.82) is 0 Å². The average molecular weight is 459 g/mol. The summed E-state index contributed by atoms with van der Waals surface area (Å²) in [6, 6.07) is 13.8. The number of hydrogen-bond donors (Lipinski definition) is 1. The van der Waals surface area contributed by atoms with Crippen LogP contribution in [0.15, 0.2) is 59.6 Å². The van der Waals surface area contributed by atoms with Crippen molar-refractivity contribution in [2.75, 3.05) is 17.3 Å². The molecule has 152 valence electrons. The smallest absolute Gasteiger partial charge is 0.282 e. The van der Waals surface area contributed by atoms with Crippen LogP contribution >= 0.6 is 34.5 Å². The number of methoxy groups -OCH3 is 1. The van der Waals surface area contributed by atoms with Gasteiger partial charge in [-0.2, -0.15) is 0 Å². The molecule has 0 aliphatic carbocycles. The molecule has 3 aromatic rings. The van der Waals surface area contributed by atoms with E-state index in [4.69, 9.17) is 27.9 Å². The number of halogens is 2. The molecule has 0 saturated carbocycles. The van der Waals surface area contributed by atoms with Crippen LogP contribution in [-0.2, 0) is 9.59 Å². The lowest BCUT2D eigenvalue weighted by molar-refractivity contribution is -0.120. The van der Waals surface area contributed by atoms with Gasteiger partial charge in [-0.25, -0.2) is 4.90 Å². The molecule has 1 aliphatic rings. The van der Waals surface area contributed by atoms with Crippen LogP contribution in [0.25, 0.3) is 5.57 Å². The molecule has 0 bridgehead atoms. The minimum atomic E-state index is -0.458. The zero-order chi connectivity index (χ0) is 21.4. The van der Waals surface area contributed by atoms with Gasteiger partial charge in [0.05, 0.1) is 23.4 Å². The van der Waals surface area contributed by atoms with Gasteiger partial charge in [-0.1, -0.05) is 35.3 Å². The number of nitrogens with zero attached hydrogens (tertiary/aromatic N) is 1. The van der Waals surface area contributed by atoms with Gasteiger partial charge >= 0.3 is 0 Å². The topological polar surface area (TPSA) is 58.6 Å². The number of carbonyl (C=O) groups excluding carboxylic acids is 2. The maximum absolute atomic E-state index is 13.4. The quantitative estimate of drug-likeness (QED) is 0.493. The van der Waals surface area contributed by atoms with Gasteiger partial charge < -0.3 is 10.1 Å². The van der Waals surface area contributed by atoms with Gasteiger partial charge in [0, 0.05) is 15.6 Å². The Bertz CT molecular complexity index is 1190. The van der Waals surface area contributed by atoms with Crippen molar-refractivity contribution in [3.05, 3.63) is 80.1 Å². The van der Waals surface area contributed by atoms with Crippen LogP contribution in [0.2, 0.25) is 10.0 Å². The number of amides is 2. The Hall–Kier alpha value is -2.80. The highest BCUT2D eigenvalue weighted by Gasteiger charge is 2.41. The standard InChI is InChI=1S/C22H16Cl2N2O3S/c1-12-14(23)5-3-6-16(12)26-21(27)19(18-7-4-10-30-18)20(22(26)28)25-13-8-9-17(29-2)15(24)11-13/h3-11,25H,1-2H3. The molecule has 0 spiro atoms. The molecule has 4 rings (SSSR count). The van der Waals surface area contributed by atoms with Crippen LogP contribution < -0.4 is 15.0 Å². The molecular weight excluding hydrogens is 443 g/mol. The number of hydrogen-bond acceptors (Lipinski definition) is 5. The Morgan fingerprint density at radius 2 is 1.80 bits per heavy atom. The van der Waals surface area contributed by atoms with Gasteiger partial charge in [0.15, 0.2) is 0 Å². The first-order valence-corrected chi connectivity index (χ1v) is 10.6. The van der Waals surface area contributed by atoms with Crippen molar-refractivity contribution < 1.29 is 14.3 Å². The highest BCUT2D eigenvalue weighted by molar-refractivity contribution is 7.11. The monoisotopic (exact) mass is 458 g/mol. The first-order valence-electron chi connectivity index (χ1n) is 8.95. The number of rotatable bonds is 5. The van der Waals surface area contributed by atoms with E-state index in [9.17, 15) is 9.59 Å². The van der Waals surface area contributed by atoms with Crippen molar-refractivity contribution in [2.24, 2.45) is 0 Å². The second-order valence-corrected chi connectivity index (χ2v) is 8.29. The minimum absolute atomic E-state index is 0.183. The average Bonchev–Trinajstić information content (AvgIpc) is 3.32. The van der Waals surface area contributed by atoms with Crippen LogP contribution in [0, 0.1) is 6.92 Å². The summed E-state index contributed by atoms with van der Waals surface area (Å²) >= 11 is 13.8. The number of imide groups is 1. The Morgan fingerprint density at radius 3 is 2.47 bits per heavy atom. The molecule has 0 radical (unpaired) electrons. The lowest BCUT2D eigenvalue weighted by Gasteiger charge is -2.18. The SMILES string of the molecule is COc1ccc(NC2=C(c3cccs3)C(=O)N(c3cccc(Cl)c3C)C2=O)cc1Cl. The molecule has 1 N–H and O–H groups in total. The summed E-state index contributed by atoms with van der Waals surface area (Å²) < 4.78 is 5.18. The van der Waals surface area contributed by atoms with Crippen molar-refractivity contribution in [3.8, 4) is 5.75 Å². The summed E-state index contributed by atoms with van der Waals surface area (Å²) in [5.74, 6) is -0.352. The van der Waals surface area contributed by atoms with Gasteiger partial charge in [0.1, 0.15) is 11.4 Å². The first-order chi connectivity index (χ1) is 14.4. The summed E-state index contributed by atoms with van der Waals surface area (Å²) in [6.45, 7) is 1.78. The summed E-state index contributed by atoms with van der Waals surface area (Å²) in [7, 11) is 1.52. The molecule has 0 atom stereocenters. The maximum atomic E-state index is 13.4. The Labute approximate surface area is 187 Å². The molecule has 0 saturated heterocycles. The molecule has 8 heteroatoms. The number of ether oxygens (including phenoxy) is 1. The zero-order valence-electron chi connectivity index (χ0n) is 16.0. The number of nitrogens with one attached hydrogen (secondary N) is 1. The van der Waals surface area contributed by atoms with E-state index in [1.165, 1.54) is 18.4 Å². The Balaban J connectivity index is 1.81. The Morgan fingerprint density at radius 1 is 1.00 bits per heavy atom. The lowest BCUT2D eigenvalue weighted by Crippen LogP contribution is -2.33. The highest BCUT2D eigenvalue weighted by Crippen LogP contribution is 2.38. The minimum Gasteiger partial charge on any atom is -0.495 e. The zero-order valence-corrected chi connectivity index (χ0v) is 18.4. The largest absolute Gasteiger partial charge is 0.495 e. The van der Waals surface area contributed by atoms with E-state index in [2.05, 4.69) is 5.32 Å². The van der Waals surface area contributed by atoms with Crippen LogP contribution in [0.4, 0.5) is 11.4 Å². The van der Waals surface area contributed by atoms with Crippen LogP contribution in [0.1, 0.15) is 10.4 Å². The van der Waals surface area contributed by atoms with E-state index >= 15 is 0 Å². The van der Waals surface area contributed by atoms with Crippen molar-refractivity contribution >= 4 is 63.3 Å². The van der Waals surface area contributed by atoms with E-state index in [0.29, 0.717) is 43.2 Å². The molecule has 1 aliphatic heterocycles. The molecular formula is C22H16Cl2N2O3S.